The van der Waals surface area contributed by atoms with Crippen molar-refractivity contribution in [3.63, 3.8) is 0 Å². The molecule has 2 aromatic carbocycles. The number of benzene rings is 2. The summed E-state index contributed by atoms with van der Waals surface area (Å²) in [6, 6.07) is 8.82. The minimum Gasteiger partial charge on any atom is -0.507 e. The van der Waals surface area contributed by atoms with Gasteiger partial charge in [-0.1, -0.05) is 69.0 Å². The highest BCUT2D eigenvalue weighted by Crippen LogP contribution is 2.34. The van der Waals surface area contributed by atoms with Gasteiger partial charge in [0.15, 0.2) is 0 Å². The Morgan fingerprint density at radius 2 is 1.50 bits per heavy atom. The molecule has 0 heterocycles. The molecule has 2 rings (SSSR count). The van der Waals surface area contributed by atoms with Crippen molar-refractivity contribution in [3.05, 3.63) is 58.7 Å². The molecule has 2 aromatic rings. The molecule has 220 valence electrons. The Hall–Kier alpha value is -3.55. The first kappa shape index (κ1) is 32.7. The lowest BCUT2D eigenvalue weighted by Crippen LogP contribution is -2.51. The van der Waals surface area contributed by atoms with Crippen molar-refractivity contribution >= 4 is 23.6 Å². The highest BCUT2D eigenvalue weighted by Gasteiger charge is 2.36. The summed E-state index contributed by atoms with van der Waals surface area (Å²) in [6.07, 6.45) is 4.02. The van der Waals surface area contributed by atoms with Gasteiger partial charge in [-0.2, -0.15) is 0 Å². The molecule has 0 aliphatic rings. The standard InChI is InChI=1S/C32H47N3O5/c1-9-10-11-12-13-20-35(30(38)24(5)33-31(39)40-32(6,7)8)27(25-19-15-18-23(4)28(25)36)29(37)34-26-21(2)16-14-17-22(26)3/h14-19,24,27,36H,9-13,20H2,1-8H3,(H,33,39)(H,34,37). The van der Waals surface area contributed by atoms with Gasteiger partial charge in [-0.25, -0.2) is 4.79 Å². The minimum atomic E-state index is -1.12. The Labute approximate surface area is 239 Å². The van der Waals surface area contributed by atoms with Crippen molar-refractivity contribution in [3.8, 4) is 5.75 Å². The van der Waals surface area contributed by atoms with Crippen LogP contribution in [0.1, 0.15) is 95.0 Å². The van der Waals surface area contributed by atoms with Crippen LogP contribution in [0.25, 0.3) is 0 Å². The Morgan fingerprint density at radius 1 is 0.925 bits per heavy atom. The first-order valence-electron chi connectivity index (χ1n) is 14.2. The Kier molecular flexibility index (Phi) is 12.0. The molecule has 8 nitrogen and oxygen atoms in total. The molecule has 40 heavy (non-hydrogen) atoms. The van der Waals surface area contributed by atoms with Gasteiger partial charge in [0.1, 0.15) is 23.4 Å². The van der Waals surface area contributed by atoms with Gasteiger partial charge in [0.05, 0.1) is 0 Å². The normalized spacial score (nSPS) is 12.8. The largest absolute Gasteiger partial charge is 0.507 e. The van der Waals surface area contributed by atoms with E-state index in [-0.39, 0.29) is 12.3 Å². The minimum absolute atomic E-state index is 0.0410. The number of rotatable bonds is 12. The maximum absolute atomic E-state index is 14.1. The first-order valence-corrected chi connectivity index (χ1v) is 14.2. The highest BCUT2D eigenvalue weighted by molar-refractivity contribution is 6.00. The topological polar surface area (TPSA) is 108 Å². The number of para-hydroxylation sites is 2. The van der Waals surface area contributed by atoms with Gasteiger partial charge in [0.2, 0.25) is 5.91 Å². The first-order chi connectivity index (χ1) is 18.8. The summed E-state index contributed by atoms with van der Waals surface area (Å²) in [7, 11) is 0. The quantitative estimate of drug-likeness (QED) is 0.253. The number of aryl methyl sites for hydroxylation is 3. The van der Waals surface area contributed by atoms with Crippen LogP contribution in [0.4, 0.5) is 10.5 Å². The zero-order valence-electron chi connectivity index (χ0n) is 25.4. The fourth-order valence-electron chi connectivity index (χ4n) is 4.60. The lowest BCUT2D eigenvalue weighted by atomic mass is 9.98. The molecule has 2 atom stereocenters. The van der Waals surface area contributed by atoms with Gasteiger partial charge >= 0.3 is 6.09 Å². The third kappa shape index (κ3) is 9.28. The fourth-order valence-corrected chi connectivity index (χ4v) is 4.60. The van der Waals surface area contributed by atoms with E-state index in [1.807, 2.05) is 32.0 Å². The number of alkyl carbamates (subject to hydrolysis) is 1. The Bertz CT molecular complexity index is 1150. The Morgan fingerprint density at radius 3 is 2.10 bits per heavy atom. The summed E-state index contributed by atoms with van der Waals surface area (Å²) in [5.41, 5.74) is 2.64. The average molecular weight is 554 g/mol. The molecule has 0 bridgehead atoms. The zero-order valence-corrected chi connectivity index (χ0v) is 25.4. The molecule has 0 aromatic heterocycles. The summed E-state index contributed by atoms with van der Waals surface area (Å²) in [6.45, 7) is 14.8. The molecule has 8 heteroatoms. The molecule has 0 saturated heterocycles. The van der Waals surface area contributed by atoms with Crippen LogP contribution in [0.15, 0.2) is 36.4 Å². The van der Waals surface area contributed by atoms with Crippen molar-refractivity contribution in [1.82, 2.24) is 10.2 Å². The monoisotopic (exact) mass is 553 g/mol. The summed E-state index contributed by atoms with van der Waals surface area (Å²) in [5, 5.41) is 16.7. The molecule has 3 amide bonds. The third-order valence-corrected chi connectivity index (χ3v) is 6.74. The molecule has 0 aliphatic carbocycles. The van der Waals surface area contributed by atoms with Gasteiger partial charge < -0.3 is 25.4 Å². The molecule has 2 unspecified atom stereocenters. The second kappa shape index (κ2) is 14.7. The summed E-state index contributed by atoms with van der Waals surface area (Å²) in [5.74, 6) is -0.922. The third-order valence-electron chi connectivity index (χ3n) is 6.74. The van der Waals surface area contributed by atoms with Crippen LogP contribution in [0.2, 0.25) is 0 Å². The van der Waals surface area contributed by atoms with Crippen LogP contribution in [0.5, 0.6) is 5.75 Å². The van der Waals surface area contributed by atoms with E-state index in [1.165, 1.54) is 4.90 Å². The highest BCUT2D eigenvalue weighted by atomic mass is 16.6. The summed E-state index contributed by atoms with van der Waals surface area (Å²) >= 11 is 0. The summed E-state index contributed by atoms with van der Waals surface area (Å²) in [4.78, 5) is 42.0. The number of unbranched alkanes of at least 4 members (excludes halogenated alkanes) is 4. The molecule has 3 N–H and O–H groups in total. The maximum Gasteiger partial charge on any atom is 0.408 e. The van der Waals surface area contributed by atoms with Crippen LogP contribution >= 0.6 is 0 Å². The number of carbonyl (C=O) groups is 3. The van der Waals surface area contributed by atoms with Gasteiger partial charge in [-0.15, -0.1) is 0 Å². The van der Waals surface area contributed by atoms with Crippen LogP contribution in [0, 0.1) is 20.8 Å². The number of phenols is 1. The van der Waals surface area contributed by atoms with Crippen LogP contribution < -0.4 is 10.6 Å². The van der Waals surface area contributed by atoms with E-state index in [2.05, 4.69) is 17.6 Å². The van der Waals surface area contributed by atoms with Crippen LogP contribution in [-0.2, 0) is 14.3 Å². The predicted octanol–water partition coefficient (Wildman–Crippen LogP) is 6.71. The number of nitrogens with zero attached hydrogens (tertiary/aromatic N) is 1. The molecular formula is C32H47N3O5. The molecule has 0 radical (unpaired) electrons. The number of anilines is 1. The number of ether oxygens (including phenoxy) is 1. The second-order valence-electron chi connectivity index (χ2n) is 11.5. The predicted molar refractivity (Wildman–Crippen MR) is 159 cm³/mol. The van der Waals surface area contributed by atoms with Crippen molar-refractivity contribution in [1.29, 1.82) is 0 Å². The fraction of sp³-hybridized carbons (Fsp3) is 0.531. The number of aromatic hydroxyl groups is 1. The number of carbonyl (C=O) groups excluding carboxylic acids is 3. The maximum atomic E-state index is 14.1. The van der Waals surface area contributed by atoms with Gasteiger partial charge in [0.25, 0.3) is 5.91 Å². The molecule has 0 saturated carbocycles. The number of hydrogen-bond acceptors (Lipinski definition) is 5. The number of nitrogens with one attached hydrogen (secondary N) is 2. The SMILES string of the molecule is CCCCCCCN(C(=O)C(C)NC(=O)OC(C)(C)C)C(C(=O)Nc1c(C)cccc1C)c1cccc(C)c1O. The van der Waals surface area contributed by atoms with E-state index in [4.69, 9.17) is 4.74 Å². The van der Waals surface area contributed by atoms with Crippen LogP contribution in [-0.4, -0.2) is 46.1 Å². The van der Waals surface area contributed by atoms with Gasteiger partial charge in [-0.05, 0) is 71.6 Å². The van der Waals surface area contributed by atoms with Crippen molar-refractivity contribution in [2.75, 3.05) is 11.9 Å². The van der Waals surface area contributed by atoms with Crippen molar-refractivity contribution < 1.29 is 24.2 Å². The van der Waals surface area contributed by atoms with Gasteiger partial charge in [-0.3, -0.25) is 9.59 Å². The van der Waals surface area contributed by atoms with E-state index < -0.39 is 35.6 Å². The molecule has 0 spiro atoms. The molecule has 0 aliphatic heterocycles. The number of hydrogen-bond donors (Lipinski definition) is 3. The second-order valence-corrected chi connectivity index (χ2v) is 11.5. The number of amides is 3. The molecule has 0 fully saturated rings. The Balaban J connectivity index is 2.52. The number of phenolic OH excluding ortho intramolecular Hbond substituents is 1. The lowest BCUT2D eigenvalue weighted by Gasteiger charge is -2.34. The molecular weight excluding hydrogens is 506 g/mol. The van der Waals surface area contributed by atoms with E-state index in [9.17, 15) is 19.5 Å². The van der Waals surface area contributed by atoms with E-state index >= 15 is 0 Å². The lowest BCUT2D eigenvalue weighted by molar-refractivity contribution is -0.140. The van der Waals surface area contributed by atoms with E-state index in [1.54, 1.807) is 52.8 Å². The van der Waals surface area contributed by atoms with Gasteiger partial charge in [0, 0.05) is 17.8 Å². The smallest absolute Gasteiger partial charge is 0.408 e. The van der Waals surface area contributed by atoms with E-state index in [0.717, 1.165) is 36.8 Å². The zero-order chi connectivity index (χ0) is 30.0. The van der Waals surface area contributed by atoms with Crippen molar-refractivity contribution in [2.24, 2.45) is 0 Å². The van der Waals surface area contributed by atoms with Crippen LogP contribution in [0.3, 0.4) is 0 Å². The summed E-state index contributed by atoms with van der Waals surface area (Å²) < 4.78 is 5.36. The average Bonchev–Trinajstić information content (AvgIpc) is 2.86. The van der Waals surface area contributed by atoms with E-state index in [0.29, 0.717) is 23.2 Å². The van der Waals surface area contributed by atoms with Crippen molar-refractivity contribution in [2.45, 2.75) is 105 Å².